The Morgan fingerprint density at radius 2 is 2.17 bits per heavy atom. The first-order valence-corrected chi connectivity index (χ1v) is 7.10. The van der Waals surface area contributed by atoms with E-state index >= 15 is 0 Å². The molecule has 1 aromatic heterocycles. The van der Waals surface area contributed by atoms with Gasteiger partial charge in [-0.15, -0.1) is 0 Å². The number of rotatable bonds is 6. The molecule has 1 aliphatic carbocycles. The van der Waals surface area contributed by atoms with Crippen LogP contribution in [-0.4, -0.2) is 34.2 Å². The average molecular weight is 248 g/mol. The highest BCUT2D eigenvalue weighted by Gasteiger charge is 2.24. The molecule has 0 aliphatic heterocycles. The number of nitrogens with zero attached hydrogens (tertiary/aromatic N) is 2. The molecule has 1 saturated carbocycles. The number of hydrogen-bond acceptors (Lipinski definition) is 3. The lowest BCUT2D eigenvalue weighted by molar-refractivity contribution is 0.0644. The van der Waals surface area contributed by atoms with Crippen molar-refractivity contribution in [2.45, 2.75) is 45.3 Å². The van der Waals surface area contributed by atoms with E-state index in [1.807, 2.05) is 24.4 Å². The van der Waals surface area contributed by atoms with Crippen molar-refractivity contribution in [2.75, 3.05) is 13.1 Å². The van der Waals surface area contributed by atoms with Gasteiger partial charge in [0.2, 0.25) is 0 Å². The Morgan fingerprint density at radius 1 is 1.39 bits per heavy atom. The number of hydrogen-bond donors (Lipinski definition) is 1. The Bertz CT molecular complexity index is 336. The number of aromatic nitrogens is 1. The maximum Gasteiger partial charge on any atom is 0.0695 e. The molecule has 1 atom stereocenters. The van der Waals surface area contributed by atoms with Gasteiger partial charge in [0.1, 0.15) is 0 Å². The first-order chi connectivity index (χ1) is 8.79. The second kappa shape index (κ2) is 6.86. The summed E-state index contributed by atoms with van der Waals surface area (Å²) in [7, 11) is 0. The van der Waals surface area contributed by atoms with Gasteiger partial charge in [0, 0.05) is 19.3 Å². The SMILES string of the molecule is CCN(Cc1ccccn1)CC(O)C1CCCC1. The predicted octanol–water partition coefficient (Wildman–Crippen LogP) is 2.45. The molecule has 0 bridgehead atoms. The zero-order chi connectivity index (χ0) is 12.8. The Labute approximate surface area is 110 Å². The molecule has 1 unspecified atom stereocenters. The van der Waals surface area contributed by atoms with Crippen LogP contribution in [0.2, 0.25) is 0 Å². The zero-order valence-corrected chi connectivity index (χ0v) is 11.3. The fourth-order valence-electron chi connectivity index (χ4n) is 2.78. The van der Waals surface area contributed by atoms with Crippen molar-refractivity contribution < 1.29 is 5.11 Å². The van der Waals surface area contributed by atoms with Gasteiger partial charge in [-0.25, -0.2) is 0 Å². The number of pyridine rings is 1. The smallest absolute Gasteiger partial charge is 0.0695 e. The average Bonchev–Trinajstić information content (AvgIpc) is 2.93. The lowest BCUT2D eigenvalue weighted by atomic mass is 10.0. The van der Waals surface area contributed by atoms with E-state index in [-0.39, 0.29) is 6.10 Å². The van der Waals surface area contributed by atoms with E-state index in [0.29, 0.717) is 5.92 Å². The van der Waals surface area contributed by atoms with Crippen LogP contribution in [0.4, 0.5) is 0 Å². The largest absolute Gasteiger partial charge is 0.392 e. The molecule has 1 aliphatic rings. The fourth-order valence-corrected chi connectivity index (χ4v) is 2.78. The van der Waals surface area contributed by atoms with Crippen molar-refractivity contribution in [1.82, 2.24) is 9.88 Å². The summed E-state index contributed by atoms with van der Waals surface area (Å²) in [5, 5.41) is 10.3. The molecule has 2 rings (SSSR count). The van der Waals surface area contributed by atoms with Crippen LogP contribution in [0.1, 0.15) is 38.3 Å². The van der Waals surface area contributed by atoms with E-state index in [2.05, 4.69) is 16.8 Å². The molecule has 1 aromatic rings. The highest BCUT2D eigenvalue weighted by Crippen LogP contribution is 2.28. The summed E-state index contributed by atoms with van der Waals surface area (Å²) in [5.41, 5.74) is 1.08. The molecule has 0 aromatic carbocycles. The number of aliphatic hydroxyl groups excluding tert-OH is 1. The van der Waals surface area contributed by atoms with Gasteiger partial charge < -0.3 is 5.11 Å². The molecule has 0 amide bonds. The third-order valence-corrected chi connectivity index (χ3v) is 3.95. The van der Waals surface area contributed by atoms with Crippen molar-refractivity contribution >= 4 is 0 Å². The highest BCUT2D eigenvalue weighted by molar-refractivity contribution is 5.03. The van der Waals surface area contributed by atoms with Crippen LogP contribution < -0.4 is 0 Å². The van der Waals surface area contributed by atoms with Crippen molar-refractivity contribution in [3.8, 4) is 0 Å². The summed E-state index contributed by atoms with van der Waals surface area (Å²) >= 11 is 0. The minimum absolute atomic E-state index is 0.170. The molecular weight excluding hydrogens is 224 g/mol. The maximum absolute atomic E-state index is 10.3. The van der Waals surface area contributed by atoms with Gasteiger partial charge in [0.05, 0.1) is 11.8 Å². The predicted molar refractivity (Wildman–Crippen MR) is 73.2 cm³/mol. The molecule has 0 saturated heterocycles. The van der Waals surface area contributed by atoms with Crippen molar-refractivity contribution in [3.63, 3.8) is 0 Å². The summed E-state index contributed by atoms with van der Waals surface area (Å²) in [4.78, 5) is 6.63. The molecule has 1 fully saturated rings. The van der Waals surface area contributed by atoms with Crippen LogP contribution in [-0.2, 0) is 6.54 Å². The third kappa shape index (κ3) is 3.79. The topological polar surface area (TPSA) is 36.4 Å². The molecule has 0 radical (unpaired) electrons. The highest BCUT2D eigenvalue weighted by atomic mass is 16.3. The first kappa shape index (κ1) is 13.5. The Hall–Kier alpha value is -0.930. The minimum Gasteiger partial charge on any atom is -0.392 e. The molecule has 3 heteroatoms. The molecule has 1 N–H and O–H groups in total. The van der Waals surface area contributed by atoms with E-state index in [9.17, 15) is 5.11 Å². The zero-order valence-electron chi connectivity index (χ0n) is 11.3. The van der Waals surface area contributed by atoms with Crippen LogP contribution in [0, 0.1) is 5.92 Å². The van der Waals surface area contributed by atoms with Gasteiger partial charge in [-0.1, -0.05) is 25.8 Å². The van der Waals surface area contributed by atoms with Gasteiger partial charge in [-0.05, 0) is 37.4 Å². The van der Waals surface area contributed by atoms with Gasteiger partial charge in [0.25, 0.3) is 0 Å². The lowest BCUT2D eigenvalue weighted by Crippen LogP contribution is -2.35. The summed E-state index contributed by atoms with van der Waals surface area (Å²) in [6.07, 6.45) is 6.62. The van der Waals surface area contributed by atoms with Gasteiger partial charge in [0.15, 0.2) is 0 Å². The van der Waals surface area contributed by atoms with Crippen molar-refractivity contribution in [3.05, 3.63) is 30.1 Å². The maximum atomic E-state index is 10.3. The molecule has 0 spiro atoms. The van der Waals surface area contributed by atoms with Gasteiger partial charge >= 0.3 is 0 Å². The Kier molecular flexibility index (Phi) is 5.14. The monoisotopic (exact) mass is 248 g/mol. The summed E-state index contributed by atoms with van der Waals surface area (Å²) < 4.78 is 0. The van der Waals surface area contributed by atoms with Gasteiger partial charge in [-0.2, -0.15) is 0 Å². The van der Waals surface area contributed by atoms with E-state index in [4.69, 9.17) is 0 Å². The lowest BCUT2D eigenvalue weighted by Gasteiger charge is -2.26. The molecule has 3 nitrogen and oxygen atoms in total. The second-order valence-electron chi connectivity index (χ2n) is 5.26. The number of aliphatic hydroxyl groups is 1. The minimum atomic E-state index is -0.170. The first-order valence-electron chi connectivity index (χ1n) is 7.10. The van der Waals surface area contributed by atoms with Crippen LogP contribution in [0.25, 0.3) is 0 Å². The summed E-state index contributed by atoms with van der Waals surface area (Å²) in [6, 6.07) is 6.00. The summed E-state index contributed by atoms with van der Waals surface area (Å²) in [5.74, 6) is 0.516. The summed E-state index contributed by atoms with van der Waals surface area (Å²) in [6.45, 7) is 4.71. The second-order valence-corrected chi connectivity index (χ2v) is 5.26. The number of likely N-dealkylation sites (N-methyl/N-ethyl adjacent to an activating group) is 1. The molecule has 100 valence electrons. The standard InChI is InChI=1S/C15H24N2O/c1-2-17(11-14-9-5-6-10-16-14)12-15(18)13-7-3-4-8-13/h5-6,9-10,13,15,18H,2-4,7-8,11-12H2,1H3. The Balaban J connectivity index is 1.85. The Morgan fingerprint density at radius 3 is 2.78 bits per heavy atom. The van der Waals surface area contributed by atoms with Crippen molar-refractivity contribution in [1.29, 1.82) is 0 Å². The quantitative estimate of drug-likeness (QED) is 0.840. The van der Waals surface area contributed by atoms with Gasteiger partial charge in [-0.3, -0.25) is 9.88 Å². The van der Waals surface area contributed by atoms with E-state index < -0.39 is 0 Å². The molecule has 1 heterocycles. The normalized spacial score (nSPS) is 18.4. The van der Waals surface area contributed by atoms with E-state index in [0.717, 1.165) is 25.3 Å². The van der Waals surface area contributed by atoms with Crippen LogP contribution in [0.3, 0.4) is 0 Å². The molecular formula is C15H24N2O. The van der Waals surface area contributed by atoms with Crippen LogP contribution in [0.5, 0.6) is 0 Å². The van der Waals surface area contributed by atoms with Crippen molar-refractivity contribution in [2.24, 2.45) is 5.92 Å². The van der Waals surface area contributed by atoms with E-state index in [1.54, 1.807) is 0 Å². The third-order valence-electron chi connectivity index (χ3n) is 3.95. The van der Waals surface area contributed by atoms with E-state index in [1.165, 1.54) is 25.7 Å². The van der Waals surface area contributed by atoms with Crippen LogP contribution in [0.15, 0.2) is 24.4 Å². The van der Waals surface area contributed by atoms with Crippen LogP contribution >= 0.6 is 0 Å². The molecule has 18 heavy (non-hydrogen) atoms. The fraction of sp³-hybridized carbons (Fsp3) is 0.667.